The van der Waals surface area contributed by atoms with Crippen molar-refractivity contribution in [1.82, 2.24) is 14.5 Å². The zero-order chi connectivity index (χ0) is 17.4. The summed E-state index contributed by atoms with van der Waals surface area (Å²) in [6, 6.07) is 8.66. The number of benzene rings is 1. The third kappa shape index (κ3) is 3.09. The Bertz CT molecular complexity index is 758. The van der Waals surface area contributed by atoms with Crippen LogP contribution in [-0.4, -0.2) is 40.1 Å². The molecule has 0 spiro atoms. The van der Waals surface area contributed by atoms with Gasteiger partial charge in [0.05, 0.1) is 31.2 Å². The van der Waals surface area contributed by atoms with Crippen LogP contribution in [0.4, 0.5) is 0 Å². The summed E-state index contributed by atoms with van der Waals surface area (Å²) in [6.45, 7) is 1.17. The van der Waals surface area contributed by atoms with E-state index in [4.69, 9.17) is 4.74 Å². The second kappa shape index (κ2) is 6.64. The van der Waals surface area contributed by atoms with Gasteiger partial charge in [-0.2, -0.15) is 0 Å². The minimum absolute atomic E-state index is 0.101. The summed E-state index contributed by atoms with van der Waals surface area (Å²) in [5, 5.41) is 0. The van der Waals surface area contributed by atoms with Crippen LogP contribution < -0.4 is 0 Å². The first-order valence-electron chi connectivity index (χ1n) is 9.00. The fourth-order valence-electron chi connectivity index (χ4n) is 4.31. The lowest BCUT2D eigenvalue weighted by molar-refractivity contribution is -0.137. The summed E-state index contributed by atoms with van der Waals surface area (Å²) in [6.07, 6.45) is 5.29. The van der Waals surface area contributed by atoms with E-state index in [1.807, 2.05) is 18.3 Å². The SMILES string of the molecule is COC[C@@H]1Cc2c(ncn2C)CN1C(=O)CC1Cc2ccccc2C1. The number of ether oxygens (including phenoxy) is 1. The Hall–Kier alpha value is -2.14. The van der Waals surface area contributed by atoms with Gasteiger partial charge in [-0.3, -0.25) is 4.79 Å². The van der Waals surface area contributed by atoms with Crippen molar-refractivity contribution < 1.29 is 9.53 Å². The van der Waals surface area contributed by atoms with Gasteiger partial charge in [-0.25, -0.2) is 4.98 Å². The highest BCUT2D eigenvalue weighted by Gasteiger charge is 2.34. The maximum Gasteiger partial charge on any atom is 0.223 e. The largest absolute Gasteiger partial charge is 0.383 e. The normalized spacial score (nSPS) is 19.8. The average Bonchev–Trinajstić information content (AvgIpc) is 3.17. The van der Waals surface area contributed by atoms with Crippen molar-refractivity contribution in [3.05, 3.63) is 53.1 Å². The van der Waals surface area contributed by atoms with Crippen LogP contribution in [0.25, 0.3) is 0 Å². The minimum atomic E-state index is 0.101. The van der Waals surface area contributed by atoms with Crippen LogP contribution in [0.3, 0.4) is 0 Å². The molecule has 132 valence electrons. The van der Waals surface area contributed by atoms with Crippen LogP contribution in [0.1, 0.15) is 28.9 Å². The number of fused-ring (bicyclic) bond motifs is 2. The van der Waals surface area contributed by atoms with Gasteiger partial charge in [-0.1, -0.05) is 24.3 Å². The molecule has 0 fully saturated rings. The van der Waals surface area contributed by atoms with Crippen LogP contribution in [0, 0.1) is 5.92 Å². The Morgan fingerprint density at radius 1 is 1.24 bits per heavy atom. The minimum Gasteiger partial charge on any atom is -0.383 e. The molecule has 1 amide bonds. The van der Waals surface area contributed by atoms with Gasteiger partial charge in [0, 0.05) is 32.7 Å². The fourth-order valence-corrected chi connectivity index (χ4v) is 4.31. The molecule has 2 aromatic rings. The van der Waals surface area contributed by atoms with E-state index < -0.39 is 0 Å². The van der Waals surface area contributed by atoms with E-state index in [9.17, 15) is 4.79 Å². The second-order valence-electron chi connectivity index (χ2n) is 7.33. The van der Waals surface area contributed by atoms with E-state index >= 15 is 0 Å². The molecular formula is C20H25N3O2. The zero-order valence-electron chi connectivity index (χ0n) is 14.9. The predicted molar refractivity (Wildman–Crippen MR) is 95.1 cm³/mol. The lowest BCUT2D eigenvalue weighted by Crippen LogP contribution is -2.47. The summed E-state index contributed by atoms with van der Waals surface area (Å²) in [5.74, 6) is 0.648. The first-order valence-corrected chi connectivity index (χ1v) is 9.00. The Kier molecular flexibility index (Phi) is 4.34. The van der Waals surface area contributed by atoms with Gasteiger partial charge in [0.15, 0.2) is 0 Å². The van der Waals surface area contributed by atoms with E-state index in [2.05, 4.69) is 33.8 Å². The van der Waals surface area contributed by atoms with Crippen LogP contribution >= 0.6 is 0 Å². The van der Waals surface area contributed by atoms with Crippen molar-refractivity contribution in [2.75, 3.05) is 13.7 Å². The molecule has 5 nitrogen and oxygen atoms in total. The van der Waals surface area contributed by atoms with E-state index in [1.54, 1.807) is 7.11 Å². The van der Waals surface area contributed by atoms with E-state index in [-0.39, 0.29) is 11.9 Å². The predicted octanol–water partition coefficient (Wildman–Crippen LogP) is 2.12. The second-order valence-corrected chi connectivity index (χ2v) is 7.33. The van der Waals surface area contributed by atoms with Crippen molar-refractivity contribution in [2.24, 2.45) is 13.0 Å². The number of carbonyl (C=O) groups excluding carboxylic acids is 1. The molecule has 25 heavy (non-hydrogen) atoms. The Balaban J connectivity index is 1.47. The topological polar surface area (TPSA) is 47.4 Å². The molecule has 1 aliphatic carbocycles. The smallest absolute Gasteiger partial charge is 0.223 e. The first-order chi connectivity index (χ1) is 12.2. The lowest BCUT2D eigenvalue weighted by atomic mass is 9.98. The van der Waals surface area contributed by atoms with E-state index in [0.717, 1.165) is 25.0 Å². The van der Waals surface area contributed by atoms with Gasteiger partial charge < -0.3 is 14.2 Å². The van der Waals surface area contributed by atoms with Gasteiger partial charge in [0.2, 0.25) is 5.91 Å². The summed E-state index contributed by atoms with van der Waals surface area (Å²) < 4.78 is 7.45. The van der Waals surface area contributed by atoms with E-state index in [1.165, 1.54) is 16.8 Å². The lowest BCUT2D eigenvalue weighted by Gasteiger charge is -2.35. The van der Waals surface area contributed by atoms with Crippen molar-refractivity contribution >= 4 is 5.91 Å². The molecule has 1 aromatic carbocycles. The van der Waals surface area contributed by atoms with Gasteiger partial charge in [-0.15, -0.1) is 0 Å². The summed E-state index contributed by atoms with van der Waals surface area (Å²) in [7, 11) is 3.72. The Morgan fingerprint density at radius 2 is 1.96 bits per heavy atom. The van der Waals surface area contributed by atoms with Crippen molar-refractivity contribution in [3.8, 4) is 0 Å². The molecule has 0 saturated heterocycles. The molecule has 0 saturated carbocycles. The molecule has 4 rings (SSSR count). The highest BCUT2D eigenvalue weighted by molar-refractivity contribution is 5.77. The number of imidazole rings is 1. The Morgan fingerprint density at radius 3 is 2.64 bits per heavy atom. The highest BCUT2D eigenvalue weighted by atomic mass is 16.5. The third-order valence-electron chi connectivity index (χ3n) is 5.61. The zero-order valence-corrected chi connectivity index (χ0v) is 14.9. The number of carbonyl (C=O) groups is 1. The third-order valence-corrected chi connectivity index (χ3v) is 5.61. The molecule has 0 N–H and O–H groups in total. The summed E-state index contributed by atoms with van der Waals surface area (Å²) in [5.41, 5.74) is 5.05. The van der Waals surface area contributed by atoms with Crippen LogP contribution in [0.15, 0.2) is 30.6 Å². The van der Waals surface area contributed by atoms with Gasteiger partial charge in [0.25, 0.3) is 0 Å². The maximum atomic E-state index is 13.0. The number of methoxy groups -OCH3 is 1. The number of aromatic nitrogens is 2. The van der Waals surface area contributed by atoms with Crippen molar-refractivity contribution in [2.45, 2.75) is 38.3 Å². The van der Waals surface area contributed by atoms with Crippen molar-refractivity contribution in [3.63, 3.8) is 0 Å². The summed E-state index contributed by atoms with van der Waals surface area (Å²) in [4.78, 5) is 19.5. The molecule has 5 heteroatoms. The van der Waals surface area contributed by atoms with Crippen molar-refractivity contribution in [1.29, 1.82) is 0 Å². The molecule has 1 aliphatic heterocycles. The number of hydrogen-bond acceptors (Lipinski definition) is 3. The monoisotopic (exact) mass is 339 g/mol. The molecule has 2 aliphatic rings. The molecule has 2 heterocycles. The molecule has 1 aromatic heterocycles. The molecule has 0 radical (unpaired) electrons. The van der Waals surface area contributed by atoms with Gasteiger partial charge in [-0.05, 0) is 29.9 Å². The summed E-state index contributed by atoms with van der Waals surface area (Å²) >= 11 is 0. The van der Waals surface area contributed by atoms with Crippen LogP contribution in [0.5, 0.6) is 0 Å². The number of rotatable bonds is 4. The molecular weight excluding hydrogens is 314 g/mol. The maximum absolute atomic E-state index is 13.0. The number of nitrogens with zero attached hydrogens (tertiary/aromatic N) is 3. The number of hydrogen-bond donors (Lipinski definition) is 0. The van der Waals surface area contributed by atoms with Gasteiger partial charge >= 0.3 is 0 Å². The Labute approximate surface area is 148 Å². The quantitative estimate of drug-likeness (QED) is 0.857. The van der Waals surface area contributed by atoms with Crippen LogP contribution in [-0.2, 0) is 42.4 Å². The van der Waals surface area contributed by atoms with Crippen LogP contribution in [0.2, 0.25) is 0 Å². The number of aryl methyl sites for hydroxylation is 1. The standard InChI is InChI=1S/C20H25N3O2/c1-22-13-21-18-11-23(17(12-25-2)10-19(18)22)20(24)9-14-7-15-5-3-4-6-16(15)8-14/h3-6,13-14,17H,7-12H2,1-2H3/t17-/m0/s1. The average molecular weight is 339 g/mol. The molecule has 1 atom stereocenters. The molecule has 0 unspecified atom stereocenters. The molecule has 0 bridgehead atoms. The fraction of sp³-hybridized carbons (Fsp3) is 0.500. The van der Waals surface area contributed by atoms with E-state index in [0.29, 0.717) is 25.5 Å². The number of amides is 1. The highest BCUT2D eigenvalue weighted by Crippen LogP contribution is 2.30. The first kappa shape index (κ1) is 16.3. The van der Waals surface area contributed by atoms with Gasteiger partial charge in [0.1, 0.15) is 0 Å².